The minimum Gasteiger partial charge on any atom is -0.466 e. The van der Waals surface area contributed by atoms with Crippen LogP contribution in [0.15, 0.2) is 0 Å². The van der Waals surface area contributed by atoms with E-state index in [1.165, 1.54) is 4.31 Å². The quantitative estimate of drug-likeness (QED) is 0.662. The van der Waals surface area contributed by atoms with E-state index in [2.05, 4.69) is 0 Å². The largest absolute Gasteiger partial charge is 0.466 e. The van der Waals surface area contributed by atoms with Crippen LogP contribution in [0.5, 0.6) is 0 Å². The van der Waals surface area contributed by atoms with Crippen LogP contribution in [0.25, 0.3) is 0 Å². The molecule has 6 nitrogen and oxygen atoms in total. The number of ether oxygens (including phenoxy) is 1. The van der Waals surface area contributed by atoms with Gasteiger partial charge in [-0.3, -0.25) is 4.79 Å². The molecule has 7 heteroatoms. The molecule has 1 fully saturated rings. The minimum absolute atomic E-state index is 0.0847. The van der Waals surface area contributed by atoms with Crippen LogP contribution < -0.4 is 0 Å². The Morgan fingerprint density at radius 1 is 1.50 bits per heavy atom. The highest BCUT2D eigenvalue weighted by molar-refractivity contribution is 7.89. The molecule has 1 heterocycles. The van der Waals surface area contributed by atoms with Crippen molar-refractivity contribution in [2.75, 3.05) is 32.1 Å². The Morgan fingerprint density at radius 3 is 2.83 bits per heavy atom. The molecule has 0 radical (unpaired) electrons. The molecule has 1 N–H and O–H groups in total. The predicted molar refractivity (Wildman–Crippen MR) is 66.4 cm³/mol. The monoisotopic (exact) mass is 279 g/mol. The van der Waals surface area contributed by atoms with E-state index in [9.17, 15) is 13.2 Å². The Morgan fingerprint density at radius 2 is 2.22 bits per heavy atom. The maximum absolute atomic E-state index is 11.9. The lowest BCUT2D eigenvalue weighted by atomic mass is 10.1. The van der Waals surface area contributed by atoms with Crippen LogP contribution in [0.2, 0.25) is 0 Å². The Kier molecular flexibility index (Phi) is 6.04. The van der Waals surface area contributed by atoms with Crippen molar-refractivity contribution in [2.45, 2.75) is 26.2 Å². The molecule has 0 aromatic rings. The average Bonchev–Trinajstić information content (AvgIpc) is 2.77. The van der Waals surface area contributed by atoms with E-state index in [1.54, 1.807) is 6.92 Å². The fourth-order valence-corrected chi connectivity index (χ4v) is 3.55. The number of sulfonamides is 1. The zero-order valence-electron chi connectivity index (χ0n) is 10.7. The van der Waals surface area contributed by atoms with E-state index >= 15 is 0 Å². The van der Waals surface area contributed by atoms with Crippen LogP contribution in [0.3, 0.4) is 0 Å². The number of nitrogens with zero attached hydrogens (tertiary/aromatic N) is 1. The van der Waals surface area contributed by atoms with Crippen LogP contribution in [-0.2, 0) is 19.6 Å². The van der Waals surface area contributed by atoms with Crippen LogP contribution in [0.4, 0.5) is 0 Å². The number of hydrogen-bond acceptors (Lipinski definition) is 5. The van der Waals surface area contributed by atoms with Crippen LogP contribution in [0.1, 0.15) is 26.2 Å². The molecule has 1 atom stereocenters. The number of aliphatic hydroxyl groups is 1. The number of aliphatic hydroxyl groups excluding tert-OH is 1. The zero-order valence-corrected chi connectivity index (χ0v) is 11.5. The standard InChI is InChI=1S/C11H21NO5S/c1-2-17-11(14)5-8-18(15,16)12-6-3-10(9-12)4-7-13/h10,13H,2-9H2,1H3. The molecule has 106 valence electrons. The molecule has 0 aliphatic carbocycles. The Balaban J connectivity index is 2.42. The highest BCUT2D eigenvalue weighted by atomic mass is 32.2. The fraction of sp³-hybridized carbons (Fsp3) is 0.909. The van der Waals surface area contributed by atoms with Crippen molar-refractivity contribution in [3.63, 3.8) is 0 Å². The smallest absolute Gasteiger partial charge is 0.306 e. The molecule has 0 bridgehead atoms. The summed E-state index contributed by atoms with van der Waals surface area (Å²) < 4.78 is 30.0. The summed E-state index contributed by atoms with van der Waals surface area (Å²) in [4.78, 5) is 11.1. The fourth-order valence-electron chi connectivity index (χ4n) is 2.04. The SMILES string of the molecule is CCOC(=O)CCS(=O)(=O)N1CCC(CCO)C1. The predicted octanol–water partition coefficient (Wildman–Crippen LogP) is -0.0263. The van der Waals surface area contributed by atoms with E-state index < -0.39 is 16.0 Å². The summed E-state index contributed by atoms with van der Waals surface area (Å²) in [6, 6.07) is 0. The molecule has 1 unspecified atom stereocenters. The lowest BCUT2D eigenvalue weighted by molar-refractivity contribution is -0.142. The lowest BCUT2D eigenvalue weighted by Gasteiger charge is -2.16. The molecule has 1 aliphatic rings. The molecule has 1 aliphatic heterocycles. The van der Waals surface area contributed by atoms with Gasteiger partial charge in [0, 0.05) is 19.7 Å². The first-order valence-electron chi connectivity index (χ1n) is 6.24. The first-order valence-corrected chi connectivity index (χ1v) is 7.84. The summed E-state index contributed by atoms with van der Waals surface area (Å²) in [5.41, 5.74) is 0. The molecular formula is C11H21NO5S. The number of esters is 1. The van der Waals surface area contributed by atoms with Crippen molar-refractivity contribution >= 4 is 16.0 Å². The number of hydrogen-bond donors (Lipinski definition) is 1. The van der Waals surface area contributed by atoms with Crippen LogP contribution >= 0.6 is 0 Å². The summed E-state index contributed by atoms with van der Waals surface area (Å²) in [6.45, 7) is 2.97. The van der Waals surface area contributed by atoms with Crippen molar-refractivity contribution in [1.29, 1.82) is 0 Å². The highest BCUT2D eigenvalue weighted by Crippen LogP contribution is 2.22. The molecule has 1 saturated heterocycles. The van der Waals surface area contributed by atoms with Gasteiger partial charge in [0.2, 0.25) is 10.0 Å². The third kappa shape index (κ3) is 4.55. The number of carbonyl (C=O) groups is 1. The van der Waals surface area contributed by atoms with Crippen LogP contribution in [0, 0.1) is 5.92 Å². The summed E-state index contributed by atoms with van der Waals surface area (Å²) in [7, 11) is -3.37. The van der Waals surface area contributed by atoms with Gasteiger partial charge in [0.15, 0.2) is 0 Å². The van der Waals surface area contributed by atoms with Gasteiger partial charge in [0.1, 0.15) is 0 Å². The molecule has 18 heavy (non-hydrogen) atoms. The lowest BCUT2D eigenvalue weighted by Crippen LogP contribution is -2.32. The number of rotatable bonds is 7. The van der Waals surface area contributed by atoms with Gasteiger partial charge < -0.3 is 9.84 Å². The second kappa shape index (κ2) is 7.06. The summed E-state index contributed by atoms with van der Waals surface area (Å²) in [5.74, 6) is -0.447. The minimum atomic E-state index is -3.37. The molecule has 0 amide bonds. The molecular weight excluding hydrogens is 258 g/mol. The topological polar surface area (TPSA) is 83.9 Å². The van der Waals surface area contributed by atoms with Gasteiger partial charge in [-0.2, -0.15) is 0 Å². The first kappa shape index (κ1) is 15.4. The second-order valence-corrected chi connectivity index (χ2v) is 6.48. The molecule has 0 aromatic carbocycles. The molecule has 0 saturated carbocycles. The third-order valence-electron chi connectivity index (χ3n) is 3.05. The zero-order chi connectivity index (χ0) is 13.6. The third-order valence-corrected chi connectivity index (χ3v) is 4.89. The van der Waals surface area contributed by atoms with Crippen molar-refractivity contribution < 1.29 is 23.1 Å². The van der Waals surface area contributed by atoms with Crippen molar-refractivity contribution in [2.24, 2.45) is 5.92 Å². The van der Waals surface area contributed by atoms with E-state index in [4.69, 9.17) is 9.84 Å². The number of carbonyl (C=O) groups excluding carboxylic acids is 1. The normalized spacial score (nSPS) is 21.1. The highest BCUT2D eigenvalue weighted by Gasteiger charge is 2.31. The Hall–Kier alpha value is -0.660. The van der Waals surface area contributed by atoms with Gasteiger partial charge in [0.05, 0.1) is 18.8 Å². The maximum Gasteiger partial charge on any atom is 0.306 e. The van der Waals surface area contributed by atoms with Crippen molar-refractivity contribution in [1.82, 2.24) is 4.31 Å². The first-order chi connectivity index (χ1) is 8.49. The molecule has 0 aromatic heterocycles. The maximum atomic E-state index is 11.9. The van der Waals surface area contributed by atoms with E-state index in [0.29, 0.717) is 19.5 Å². The van der Waals surface area contributed by atoms with E-state index in [1.807, 2.05) is 0 Å². The van der Waals surface area contributed by atoms with Gasteiger partial charge in [-0.05, 0) is 25.7 Å². The van der Waals surface area contributed by atoms with E-state index in [-0.39, 0.29) is 31.3 Å². The van der Waals surface area contributed by atoms with Gasteiger partial charge in [-0.1, -0.05) is 0 Å². The molecule has 1 rings (SSSR count). The van der Waals surface area contributed by atoms with Gasteiger partial charge in [-0.15, -0.1) is 0 Å². The van der Waals surface area contributed by atoms with Gasteiger partial charge in [-0.25, -0.2) is 12.7 Å². The van der Waals surface area contributed by atoms with Crippen molar-refractivity contribution in [3.8, 4) is 0 Å². The second-order valence-electron chi connectivity index (χ2n) is 4.40. The van der Waals surface area contributed by atoms with Gasteiger partial charge >= 0.3 is 5.97 Å². The average molecular weight is 279 g/mol. The van der Waals surface area contributed by atoms with Crippen LogP contribution in [-0.4, -0.2) is 55.9 Å². The summed E-state index contributed by atoms with van der Waals surface area (Å²) >= 11 is 0. The van der Waals surface area contributed by atoms with Gasteiger partial charge in [0.25, 0.3) is 0 Å². The Bertz CT molecular complexity index is 368. The summed E-state index contributed by atoms with van der Waals surface area (Å²) in [6.07, 6.45) is 1.31. The molecule has 0 spiro atoms. The van der Waals surface area contributed by atoms with E-state index in [0.717, 1.165) is 6.42 Å². The summed E-state index contributed by atoms with van der Waals surface area (Å²) in [5, 5.41) is 8.82. The Labute approximate surface area is 108 Å². The van der Waals surface area contributed by atoms with Crippen molar-refractivity contribution in [3.05, 3.63) is 0 Å².